The van der Waals surface area contributed by atoms with Crippen molar-refractivity contribution in [3.8, 4) is 0 Å². The molecule has 0 radical (unpaired) electrons. The Bertz CT molecular complexity index is 188. The summed E-state index contributed by atoms with van der Waals surface area (Å²) < 4.78 is 0. The molecular formula is C12H26N2O2. The van der Waals surface area contributed by atoms with E-state index >= 15 is 0 Å². The lowest BCUT2D eigenvalue weighted by Crippen LogP contribution is -2.51. The van der Waals surface area contributed by atoms with E-state index in [2.05, 4.69) is 24.1 Å². The van der Waals surface area contributed by atoms with Gasteiger partial charge in [0.25, 0.3) is 0 Å². The molecule has 16 heavy (non-hydrogen) atoms. The first-order valence-corrected chi connectivity index (χ1v) is 6.34. The number of hydrogen-bond acceptors (Lipinski definition) is 4. The van der Waals surface area contributed by atoms with E-state index in [4.69, 9.17) is 10.2 Å². The van der Waals surface area contributed by atoms with Gasteiger partial charge in [0, 0.05) is 32.2 Å². The highest BCUT2D eigenvalue weighted by molar-refractivity contribution is 4.84. The van der Waals surface area contributed by atoms with Crippen LogP contribution in [-0.2, 0) is 0 Å². The zero-order chi connectivity index (χ0) is 12.0. The predicted octanol–water partition coefficient (Wildman–Crippen LogP) is -0.0929. The quantitative estimate of drug-likeness (QED) is 0.597. The van der Waals surface area contributed by atoms with Crippen molar-refractivity contribution in [2.24, 2.45) is 11.8 Å². The third-order valence-corrected chi connectivity index (χ3v) is 3.46. The van der Waals surface area contributed by atoms with Gasteiger partial charge in [-0.05, 0) is 18.3 Å². The summed E-state index contributed by atoms with van der Waals surface area (Å²) in [4.78, 5) is 2.32. The van der Waals surface area contributed by atoms with E-state index in [0.29, 0.717) is 24.4 Å². The highest BCUT2D eigenvalue weighted by Gasteiger charge is 2.28. The van der Waals surface area contributed by atoms with Crippen molar-refractivity contribution in [3.63, 3.8) is 0 Å². The van der Waals surface area contributed by atoms with Crippen LogP contribution >= 0.6 is 0 Å². The molecule has 0 saturated carbocycles. The number of nitrogens with zero attached hydrogens (tertiary/aromatic N) is 1. The minimum absolute atomic E-state index is 0.197. The highest BCUT2D eigenvalue weighted by Crippen LogP contribution is 2.23. The summed E-state index contributed by atoms with van der Waals surface area (Å²) in [5.41, 5.74) is 0. The summed E-state index contributed by atoms with van der Waals surface area (Å²) in [7, 11) is 0. The second-order valence-corrected chi connectivity index (χ2v) is 5.10. The van der Waals surface area contributed by atoms with Gasteiger partial charge in [-0.3, -0.25) is 4.90 Å². The van der Waals surface area contributed by atoms with Crippen molar-refractivity contribution in [2.75, 3.05) is 39.4 Å². The molecule has 1 fully saturated rings. The number of nitrogens with one attached hydrogen (secondary N) is 1. The number of rotatable bonds is 6. The zero-order valence-electron chi connectivity index (χ0n) is 10.5. The summed E-state index contributed by atoms with van der Waals surface area (Å²) >= 11 is 0. The molecule has 4 heteroatoms. The van der Waals surface area contributed by atoms with Gasteiger partial charge in [-0.25, -0.2) is 0 Å². The summed E-state index contributed by atoms with van der Waals surface area (Å²) in [5, 5.41) is 21.2. The molecule has 1 rings (SSSR count). The zero-order valence-corrected chi connectivity index (χ0v) is 10.5. The first-order valence-electron chi connectivity index (χ1n) is 6.34. The number of piperidine rings is 1. The van der Waals surface area contributed by atoms with E-state index in [1.54, 1.807) is 0 Å². The van der Waals surface area contributed by atoms with Crippen molar-refractivity contribution in [3.05, 3.63) is 0 Å². The van der Waals surface area contributed by atoms with Gasteiger partial charge in [0.1, 0.15) is 0 Å². The molecule has 0 aromatic carbocycles. The number of aliphatic hydroxyl groups excluding tert-OH is 2. The lowest BCUT2D eigenvalue weighted by Gasteiger charge is -2.39. The number of β-amino-alcohol motifs (C(OH)–C–C–N with tert-alkyl or cyclic N) is 1. The fourth-order valence-electron chi connectivity index (χ4n) is 2.46. The van der Waals surface area contributed by atoms with Crippen LogP contribution in [0.2, 0.25) is 0 Å². The molecule has 1 saturated heterocycles. The van der Waals surface area contributed by atoms with Crippen LogP contribution in [0.25, 0.3) is 0 Å². The summed E-state index contributed by atoms with van der Waals surface area (Å²) in [6.07, 6.45) is 1.18. The molecule has 96 valence electrons. The van der Waals surface area contributed by atoms with Crippen LogP contribution in [0.4, 0.5) is 0 Å². The fraction of sp³-hybridized carbons (Fsp3) is 1.00. The summed E-state index contributed by atoms with van der Waals surface area (Å²) in [5.74, 6) is 1.37. The second kappa shape index (κ2) is 7.22. The van der Waals surface area contributed by atoms with Crippen LogP contribution in [0.1, 0.15) is 20.3 Å². The van der Waals surface area contributed by atoms with Gasteiger partial charge in [0.15, 0.2) is 0 Å². The van der Waals surface area contributed by atoms with Crippen LogP contribution in [0.5, 0.6) is 0 Å². The SMILES string of the molecule is CC(C)C1CC(NCCO)CN(CCO)C1. The average Bonchev–Trinajstić information content (AvgIpc) is 2.26. The first-order chi connectivity index (χ1) is 7.67. The van der Waals surface area contributed by atoms with Crippen LogP contribution in [0.3, 0.4) is 0 Å². The maximum Gasteiger partial charge on any atom is 0.0558 e. The Hall–Kier alpha value is -0.160. The smallest absolute Gasteiger partial charge is 0.0558 e. The Labute approximate surface area is 98.6 Å². The number of hydrogen-bond donors (Lipinski definition) is 3. The molecule has 0 aromatic heterocycles. The molecule has 0 aliphatic carbocycles. The van der Waals surface area contributed by atoms with E-state index in [1.165, 1.54) is 6.42 Å². The van der Waals surface area contributed by atoms with Crippen LogP contribution in [-0.4, -0.2) is 60.5 Å². The number of aliphatic hydroxyl groups is 2. The van der Waals surface area contributed by atoms with E-state index in [9.17, 15) is 0 Å². The molecule has 0 amide bonds. The first kappa shape index (κ1) is 13.9. The Morgan fingerprint density at radius 2 is 2.00 bits per heavy atom. The van der Waals surface area contributed by atoms with E-state index < -0.39 is 0 Å². The van der Waals surface area contributed by atoms with Crippen LogP contribution < -0.4 is 5.32 Å². The summed E-state index contributed by atoms with van der Waals surface area (Å²) in [6.45, 7) is 8.47. The average molecular weight is 230 g/mol. The van der Waals surface area contributed by atoms with E-state index in [1.807, 2.05) is 0 Å². The van der Waals surface area contributed by atoms with Gasteiger partial charge in [-0.15, -0.1) is 0 Å². The van der Waals surface area contributed by atoms with E-state index in [0.717, 1.165) is 19.6 Å². The van der Waals surface area contributed by atoms with Gasteiger partial charge in [-0.2, -0.15) is 0 Å². The second-order valence-electron chi connectivity index (χ2n) is 5.10. The minimum Gasteiger partial charge on any atom is -0.395 e. The Balaban J connectivity index is 2.45. The van der Waals surface area contributed by atoms with Crippen LogP contribution in [0, 0.1) is 11.8 Å². The lowest BCUT2D eigenvalue weighted by atomic mass is 9.85. The van der Waals surface area contributed by atoms with Gasteiger partial charge in [0.05, 0.1) is 13.2 Å². The van der Waals surface area contributed by atoms with Crippen molar-refractivity contribution >= 4 is 0 Å². The Kier molecular flexibility index (Phi) is 6.28. The topological polar surface area (TPSA) is 55.7 Å². The third kappa shape index (κ3) is 4.37. The molecular weight excluding hydrogens is 204 g/mol. The van der Waals surface area contributed by atoms with Crippen molar-refractivity contribution in [1.82, 2.24) is 10.2 Å². The van der Waals surface area contributed by atoms with Gasteiger partial charge >= 0.3 is 0 Å². The van der Waals surface area contributed by atoms with Crippen molar-refractivity contribution in [2.45, 2.75) is 26.3 Å². The molecule has 2 unspecified atom stereocenters. The van der Waals surface area contributed by atoms with Crippen molar-refractivity contribution in [1.29, 1.82) is 0 Å². The van der Waals surface area contributed by atoms with Gasteiger partial charge in [0.2, 0.25) is 0 Å². The minimum atomic E-state index is 0.197. The lowest BCUT2D eigenvalue weighted by molar-refractivity contribution is 0.0948. The molecule has 1 heterocycles. The molecule has 0 aromatic rings. The number of likely N-dealkylation sites (tertiary alicyclic amines) is 1. The molecule has 0 bridgehead atoms. The monoisotopic (exact) mass is 230 g/mol. The normalized spacial score (nSPS) is 27.6. The third-order valence-electron chi connectivity index (χ3n) is 3.46. The standard InChI is InChI=1S/C12H26N2O2/c1-10(2)11-7-12(13-3-5-15)9-14(8-11)4-6-16/h10-13,15-16H,3-9H2,1-2H3. The maximum absolute atomic E-state index is 9.00. The largest absolute Gasteiger partial charge is 0.395 e. The molecule has 3 N–H and O–H groups in total. The Morgan fingerprint density at radius 3 is 2.56 bits per heavy atom. The highest BCUT2D eigenvalue weighted by atomic mass is 16.3. The molecule has 1 aliphatic rings. The van der Waals surface area contributed by atoms with Gasteiger partial charge in [-0.1, -0.05) is 13.8 Å². The summed E-state index contributed by atoms with van der Waals surface area (Å²) in [6, 6.07) is 0.458. The maximum atomic E-state index is 9.00. The van der Waals surface area contributed by atoms with Crippen molar-refractivity contribution < 1.29 is 10.2 Å². The van der Waals surface area contributed by atoms with Gasteiger partial charge < -0.3 is 15.5 Å². The Morgan fingerprint density at radius 1 is 1.25 bits per heavy atom. The predicted molar refractivity (Wildman–Crippen MR) is 65.3 cm³/mol. The van der Waals surface area contributed by atoms with E-state index in [-0.39, 0.29) is 13.2 Å². The molecule has 2 atom stereocenters. The van der Waals surface area contributed by atoms with Crippen LogP contribution in [0.15, 0.2) is 0 Å². The molecule has 0 spiro atoms. The molecule has 1 aliphatic heterocycles. The fourth-order valence-corrected chi connectivity index (χ4v) is 2.46. The molecule has 4 nitrogen and oxygen atoms in total.